The summed E-state index contributed by atoms with van der Waals surface area (Å²) in [6.07, 6.45) is 4.74. The molecule has 3 rings (SSSR count). The van der Waals surface area contributed by atoms with Crippen molar-refractivity contribution in [2.24, 2.45) is 7.05 Å². The van der Waals surface area contributed by atoms with Crippen LogP contribution in [0, 0.1) is 0 Å². The number of carbonyl (C=O) groups is 1. The smallest absolute Gasteiger partial charge is 0.230 e. The van der Waals surface area contributed by atoms with Crippen molar-refractivity contribution in [1.82, 2.24) is 14.7 Å². The molecule has 1 aromatic carbocycles. The Hall–Kier alpha value is -1.75. The summed E-state index contributed by atoms with van der Waals surface area (Å²) >= 11 is 1.91. The van der Waals surface area contributed by atoms with E-state index < -0.39 is 0 Å². The number of amides is 1. The number of carbonyl (C=O) groups excluding carboxylic acids is 1. The molecule has 5 heteroatoms. The Balaban J connectivity index is 1.86. The molecule has 0 bridgehead atoms. The maximum absolute atomic E-state index is 13.2. The van der Waals surface area contributed by atoms with Crippen LogP contribution in [0.2, 0.25) is 0 Å². The minimum absolute atomic E-state index is 0.0570. The molecule has 1 saturated heterocycles. The van der Waals surface area contributed by atoms with Gasteiger partial charge in [-0.25, -0.2) is 0 Å². The molecular formula is C18H23N3OS. The Labute approximate surface area is 141 Å². The summed E-state index contributed by atoms with van der Waals surface area (Å²) in [7, 11) is 1.92. The average molecular weight is 329 g/mol. The van der Waals surface area contributed by atoms with Gasteiger partial charge < -0.3 is 4.90 Å². The van der Waals surface area contributed by atoms with Crippen LogP contribution in [-0.2, 0) is 11.8 Å². The molecule has 1 aromatic heterocycles. The Morgan fingerprint density at radius 1 is 1.39 bits per heavy atom. The Morgan fingerprint density at radius 3 is 2.83 bits per heavy atom. The summed E-state index contributed by atoms with van der Waals surface area (Å²) in [6, 6.07) is 10.3. The van der Waals surface area contributed by atoms with E-state index in [9.17, 15) is 4.79 Å². The van der Waals surface area contributed by atoms with Crippen LogP contribution in [0.3, 0.4) is 0 Å². The van der Waals surface area contributed by atoms with Gasteiger partial charge in [-0.15, -0.1) is 0 Å². The van der Waals surface area contributed by atoms with Gasteiger partial charge in [0.25, 0.3) is 0 Å². The van der Waals surface area contributed by atoms with Gasteiger partial charge in [-0.2, -0.15) is 16.9 Å². The van der Waals surface area contributed by atoms with Gasteiger partial charge >= 0.3 is 0 Å². The lowest BCUT2D eigenvalue weighted by atomic mass is 9.94. The number of hydrogen-bond acceptors (Lipinski definition) is 3. The third-order valence-corrected chi connectivity index (χ3v) is 5.45. The molecule has 0 N–H and O–H groups in total. The highest BCUT2D eigenvalue weighted by Crippen LogP contribution is 2.33. The summed E-state index contributed by atoms with van der Waals surface area (Å²) in [6.45, 7) is 2.90. The molecule has 2 atom stereocenters. The first-order valence-electron chi connectivity index (χ1n) is 8.12. The van der Waals surface area contributed by atoms with Gasteiger partial charge in [0.05, 0.1) is 18.2 Å². The van der Waals surface area contributed by atoms with Crippen LogP contribution in [0.15, 0.2) is 42.7 Å². The summed E-state index contributed by atoms with van der Waals surface area (Å²) in [5, 5.41) is 4.28. The van der Waals surface area contributed by atoms with Crippen molar-refractivity contribution in [1.29, 1.82) is 0 Å². The Kier molecular flexibility index (Phi) is 5.06. The highest BCUT2D eigenvalue weighted by molar-refractivity contribution is 7.99. The van der Waals surface area contributed by atoms with Crippen molar-refractivity contribution >= 4 is 17.7 Å². The van der Waals surface area contributed by atoms with E-state index in [0.29, 0.717) is 0 Å². The normalized spacial score (nSPS) is 19.6. The van der Waals surface area contributed by atoms with Crippen molar-refractivity contribution in [3.05, 3.63) is 53.9 Å². The molecule has 0 spiro atoms. The van der Waals surface area contributed by atoms with E-state index >= 15 is 0 Å². The SMILES string of the molecule is CC[C@H](C(=O)N1CCSC[C@@H]1c1cnn(C)c1)c1ccccc1. The number of benzene rings is 1. The fourth-order valence-electron chi connectivity index (χ4n) is 3.19. The summed E-state index contributed by atoms with van der Waals surface area (Å²) < 4.78 is 1.81. The maximum Gasteiger partial charge on any atom is 0.230 e. The average Bonchev–Trinajstić information content (AvgIpc) is 3.03. The Morgan fingerprint density at radius 2 is 2.17 bits per heavy atom. The van der Waals surface area contributed by atoms with Crippen LogP contribution in [-0.4, -0.2) is 38.6 Å². The van der Waals surface area contributed by atoms with Gasteiger partial charge in [0, 0.05) is 36.9 Å². The summed E-state index contributed by atoms with van der Waals surface area (Å²) in [4.78, 5) is 15.3. The van der Waals surface area contributed by atoms with E-state index in [1.165, 1.54) is 0 Å². The largest absolute Gasteiger partial charge is 0.333 e. The fraction of sp³-hybridized carbons (Fsp3) is 0.444. The second-order valence-electron chi connectivity index (χ2n) is 5.94. The third-order valence-electron chi connectivity index (χ3n) is 4.43. The first-order chi connectivity index (χ1) is 11.2. The number of thioether (sulfide) groups is 1. The molecular weight excluding hydrogens is 306 g/mol. The van der Waals surface area contributed by atoms with Crippen molar-refractivity contribution in [3.63, 3.8) is 0 Å². The number of hydrogen-bond donors (Lipinski definition) is 0. The molecule has 2 heterocycles. The lowest BCUT2D eigenvalue weighted by molar-refractivity contribution is -0.134. The molecule has 0 unspecified atom stereocenters. The minimum atomic E-state index is -0.0570. The molecule has 0 radical (unpaired) electrons. The second-order valence-corrected chi connectivity index (χ2v) is 7.09. The van der Waals surface area contributed by atoms with Gasteiger partial charge in [0.15, 0.2) is 0 Å². The van der Waals surface area contributed by atoms with Crippen LogP contribution in [0.1, 0.15) is 36.4 Å². The molecule has 1 aliphatic rings. The summed E-state index contributed by atoms with van der Waals surface area (Å²) in [5.74, 6) is 2.14. The van der Waals surface area contributed by atoms with Crippen molar-refractivity contribution in [2.75, 3.05) is 18.1 Å². The monoisotopic (exact) mass is 329 g/mol. The third kappa shape index (κ3) is 3.44. The van der Waals surface area contributed by atoms with Crippen molar-refractivity contribution in [3.8, 4) is 0 Å². The lowest BCUT2D eigenvalue weighted by Crippen LogP contribution is -2.43. The maximum atomic E-state index is 13.2. The second kappa shape index (κ2) is 7.21. The molecule has 1 amide bonds. The standard InChI is InChI=1S/C18H23N3OS/c1-3-16(14-7-5-4-6-8-14)18(22)21-9-10-23-13-17(21)15-11-19-20(2)12-15/h4-8,11-12,16-17H,3,9-10,13H2,1-2H3/t16-,17+/m0/s1. The van der Waals surface area contributed by atoms with Crippen molar-refractivity contribution in [2.45, 2.75) is 25.3 Å². The van der Waals surface area contributed by atoms with Gasteiger partial charge in [-0.05, 0) is 12.0 Å². The zero-order valence-corrected chi connectivity index (χ0v) is 14.5. The predicted octanol–water partition coefficient (Wildman–Crippen LogP) is 3.23. The van der Waals surface area contributed by atoms with Crippen LogP contribution in [0.5, 0.6) is 0 Å². The molecule has 23 heavy (non-hydrogen) atoms. The molecule has 0 saturated carbocycles. The van der Waals surface area contributed by atoms with Gasteiger partial charge in [-0.3, -0.25) is 9.48 Å². The zero-order chi connectivity index (χ0) is 16.2. The zero-order valence-electron chi connectivity index (χ0n) is 13.7. The predicted molar refractivity (Wildman–Crippen MR) is 94.5 cm³/mol. The van der Waals surface area contributed by atoms with Crippen LogP contribution in [0.25, 0.3) is 0 Å². The topological polar surface area (TPSA) is 38.1 Å². The number of aryl methyl sites for hydroxylation is 1. The van der Waals surface area contributed by atoms with Crippen molar-refractivity contribution < 1.29 is 4.79 Å². The molecule has 1 aliphatic heterocycles. The van der Waals surface area contributed by atoms with E-state index in [0.717, 1.165) is 35.6 Å². The highest BCUT2D eigenvalue weighted by Gasteiger charge is 2.33. The van der Waals surface area contributed by atoms with Gasteiger partial charge in [0.1, 0.15) is 0 Å². The highest BCUT2D eigenvalue weighted by atomic mass is 32.2. The van der Waals surface area contributed by atoms with Crippen LogP contribution in [0.4, 0.5) is 0 Å². The molecule has 4 nitrogen and oxygen atoms in total. The van der Waals surface area contributed by atoms with E-state index in [1.807, 2.05) is 54.1 Å². The lowest BCUT2D eigenvalue weighted by Gasteiger charge is -2.37. The Bertz CT molecular complexity index is 655. The minimum Gasteiger partial charge on any atom is -0.333 e. The molecule has 2 aromatic rings. The molecule has 0 aliphatic carbocycles. The van der Waals surface area contributed by atoms with Gasteiger partial charge in [-0.1, -0.05) is 37.3 Å². The van der Waals surface area contributed by atoms with E-state index in [4.69, 9.17) is 0 Å². The first kappa shape index (κ1) is 16.1. The van der Waals surface area contributed by atoms with E-state index in [-0.39, 0.29) is 17.9 Å². The summed E-state index contributed by atoms with van der Waals surface area (Å²) in [5.41, 5.74) is 2.25. The first-order valence-corrected chi connectivity index (χ1v) is 9.28. The van der Waals surface area contributed by atoms with Crippen LogP contribution < -0.4 is 0 Å². The quantitative estimate of drug-likeness (QED) is 0.864. The number of aromatic nitrogens is 2. The van der Waals surface area contributed by atoms with E-state index in [1.54, 1.807) is 0 Å². The fourth-order valence-corrected chi connectivity index (χ4v) is 4.28. The van der Waals surface area contributed by atoms with Gasteiger partial charge in [0.2, 0.25) is 5.91 Å². The number of nitrogens with zero attached hydrogens (tertiary/aromatic N) is 3. The molecule has 1 fully saturated rings. The molecule has 122 valence electrons. The van der Waals surface area contributed by atoms with Crippen LogP contribution >= 0.6 is 11.8 Å². The number of rotatable bonds is 4. The van der Waals surface area contributed by atoms with E-state index in [2.05, 4.69) is 29.1 Å².